The fourth-order valence-corrected chi connectivity index (χ4v) is 4.16. The number of methoxy groups -OCH3 is 1. The summed E-state index contributed by atoms with van der Waals surface area (Å²) >= 11 is 0. The van der Waals surface area contributed by atoms with Crippen LogP contribution in [0.5, 0.6) is 0 Å². The van der Waals surface area contributed by atoms with Crippen molar-refractivity contribution in [1.29, 1.82) is 0 Å². The highest BCUT2D eigenvalue weighted by atomic mass is 16.5. The molecule has 3 heterocycles. The Morgan fingerprint density at radius 3 is 2.80 bits per heavy atom. The molecule has 8 heteroatoms. The lowest BCUT2D eigenvalue weighted by Gasteiger charge is -2.37. The van der Waals surface area contributed by atoms with E-state index >= 15 is 0 Å². The van der Waals surface area contributed by atoms with Crippen molar-refractivity contribution >= 4 is 17.7 Å². The van der Waals surface area contributed by atoms with E-state index in [2.05, 4.69) is 15.5 Å². The van der Waals surface area contributed by atoms with Crippen LogP contribution >= 0.6 is 0 Å². The maximum absolute atomic E-state index is 12.3. The summed E-state index contributed by atoms with van der Waals surface area (Å²) in [4.78, 5) is 40.3. The molecule has 3 saturated heterocycles. The van der Waals surface area contributed by atoms with Gasteiger partial charge in [-0.1, -0.05) is 0 Å². The monoisotopic (exact) mass is 352 g/mol. The molecule has 0 aliphatic carbocycles. The van der Waals surface area contributed by atoms with Crippen LogP contribution in [0.2, 0.25) is 0 Å². The summed E-state index contributed by atoms with van der Waals surface area (Å²) in [5, 5.41) is 5.88. The second-order valence-corrected chi connectivity index (χ2v) is 7.17. The van der Waals surface area contributed by atoms with Gasteiger partial charge in [0.1, 0.15) is 6.61 Å². The Kier molecular flexibility index (Phi) is 5.90. The molecule has 3 rings (SSSR count). The SMILES string of the molecule is COCC(=O)NC1CC2C(=O)NCC(CCC(=O)N3CCCC3)N2C1. The summed E-state index contributed by atoms with van der Waals surface area (Å²) in [5.74, 6) is 0.0780. The molecule has 0 aromatic heterocycles. The molecular formula is C17H28N4O4. The average molecular weight is 352 g/mol. The molecule has 0 aromatic rings. The Morgan fingerprint density at radius 1 is 1.32 bits per heavy atom. The lowest BCUT2D eigenvalue weighted by Crippen LogP contribution is -2.58. The zero-order valence-corrected chi connectivity index (χ0v) is 14.8. The van der Waals surface area contributed by atoms with Crippen molar-refractivity contribution < 1.29 is 19.1 Å². The zero-order chi connectivity index (χ0) is 17.8. The lowest BCUT2D eigenvalue weighted by atomic mass is 10.0. The summed E-state index contributed by atoms with van der Waals surface area (Å²) in [7, 11) is 1.48. The maximum Gasteiger partial charge on any atom is 0.246 e. The minimum absolute atomic E-state index is 0.0191. The number of hydrogen-bond acceptors (Lipinski definition) is 5. The largest absolute Gasteiger partial charge is 0.375 e. The molecule has 0 saturated carbocycles. The van der Waals surface area contributed by atoms with E-state index in [0.29, 0.717) is 25.9 Å². The van der Waals surface area contributed by atoms with Gasteiger partial charge in [-0.15, -0.1) is 0 Å². The van der Waals surface area contributed by atoms with Crippen LogP contribution in [0.25, 0.3) is 0 Å². The van der Waals surface area contributed by atoms with Crippen LogP contribution < -0.4 is 10.6 Å². The molecule has 25 heavy (non-hydrogen) atoms. The number of rotatable bonds is 6. The third kappa shape index (κ3) is 4.30. The number of fused-ring (bicyclic) bond motifs is 1. The molecule has 3 amide bonds. The molecule has 3 aliphatic heterocycles. The normalized spacial score (nSPS) is 29.4. The maximum atomic E-state index is 12.3. The molecule has 2 N–H and O–H groups in total. The van der Waals surface area contributed by atoms with Crippen molar-refractivity contribution in [3.05, 3.63) is 0 Å². The smallest absolute Gasteiger partial charge is 0.246 e. The molecule has 0 spiro atoms. The van der Waals surface area contributed by atoms with Gasteiger partial charge in [0.25, 0.3) is 0 Å². The van der Waals surface area contributed by atoms with E-state index in [0.717, 1.165) is 32.4 Å². The van der Waals surface area contributed by atoms with Crippen molar-refractivity contribution in [2.75, 3.05) is 39.9 Å². The number of ether oxygens (including phenoxy) is 1. The summed E-state index contributed by atoms with van der Waals surface area (Å²) in [6, 6.07) is -0.111. The van der Waals surface area contributed by atoms with E-state index in [-0.39, 0.29) is 42.5 Å². The molecule has 0 radical (unpaired) electrons. The number of nitrogens with one attached hydrogen (secondary N) is 2. The molecule has 3 fully saturated rings. The van der Waals surface area contributed by atoms with Gasteiger partial charge < -0.3 is 20.3 Å². The van der Waals surface area contributed by atoms with Crippen molar-refractivity contribution in [2.45, 2.75) is 50.2 Å². The standard InChI is InChI=1S/C17H28N4O4/c1-25-11-15(22)19-12-8-14-17(24)18-9-13(21(14)10-12)4-5-16(23)20-6-2-3-7-20/h12-14H,2-11H2,1H3,(H,18,24)(H,19,22). The Hall–Kier alpha value is -1.67. The van der Waals surface area contributed by atoms with Gasteiger partial charge in [-0.3, -0.25) is 19.3 Å². The van der Waals surface area contributed by atoms with Gasteiger partial charge in [0.2, 0.25) is 17.7 Å². The Morgan fingerprint density at radius 2 is 2.08 bits per heavy atom. The second-order valence-electron chi connectivity index (χ2n) is 7.17. The van der Waals surface area contributed by atoms with E-state index < -0.39 is 0 Å². The summed E-state index contributed by atoms with van der Waals surface area (Å²) in [6.45, 7) is 3.00. The number of nitrogens with zero attached hydrogens (tertiary/aromatic N) is 2. The number of likely N-dealkylation sites (tertiary alicyclic amines) is 1. The summed E-state index contributed by atoms with van der Waals surface area (Å²) in [6.07, 6.45) is 4.07. The first-order valence-corrected chi connectivity index (χ1v) is 9.18. The Balaban J connectivity index is 1.53. The third-order valence-electron chi connectivity index (χ3n) is 5.41. The van der Waals surface area contributed by atoms with Crippen molar-refractivity contribution in [1.82, 2.24) is 20.4 Å². The van der Waals surface area contributed by atoms with Crippen molar-refractivity contribution in [3.63, 3.8) is 0 Å². The minimum atomic E-state index is -0.214. The number of carbonyl (C=O) groups excluding carboxylic acids is 3. The quantitative estimate of drug-likeness (QED) is 0.646. The third-order valence-corrected chi connectivity index (χ3v) is 5.41. The first-order chi connectivity index (χ1) is 12.1. The first-order valence-electron chi connectivity index (χ1n) is 9.18. The first kappa shape index (κ1) is 18.1. The molecule has 3 unspecified atom stereocenters. The molecule has 3 atom stereocenters. The second kappa shape index (κ2) is 8.14. The van der Waals surface area contributed by atoms with Gasteiger partial charge in [-0.05, 0) is 25.7 Å². The van der Waals surface area contributed by atoms with Crippen LogP contribution in [0, 0.1) is 0 Å². The molecule has 8 nitrogen and oxygen atoms in total. The number of amides is 3. The summed E-state index contributed by atoms with van der Waals surface area (Å²) < 4.78 is 4.84. The lowest BCUT2D eigenvalue weighted by molar-refractivity contribution is -0.131. The summed E-state index contributed by atoms with van der Waals surface area (Å²) in [5.41, 5.74) is 0. The molecule has 140 valence electrons. The fourth-order valence-electron chi connectivity index (χ4n) is 4.16. The van der Waals surface area contributed by atoms with Crippen LogP contribution in [0.15, 0.2) is 0 Å². The van der Waals surface area contributed by atoms with Gasteiger partial charge in [-0.2, -0.15) is 0 Å². The van der Waals surface area contributed by atoms with E-state index in [4.69, 9.17) is 4.74 Å². The van der Waals surface area contributed by atoms with Crippen LogP contribution in [0.4, 0.5) is 0 Å². The van der Waals surface area contributed by atoms with Gasteiger partial charge in [0.05, 0.1) is 6.04 Å². The van der Waals surface area contributed by atoms with Gasteiger partial charge in [0.15, 0.2) is 0 Å². The predicted molar refractivity (Wildman–Crippen MR) is 90.8 cm³/mol. The number of carbonyl (C=O) groups is 3. The highest BCUT2D eigenvalue weighted by Crippen LogP contribution is 2.26. The minimum Gasteiger partial charge on any atom is -0.375 e. The predicted octanol–water partition coefficient (Wildman–Crippen LogP) is -0.907. The van der Waals surface area contributed by atoms with Crippen LogP contribution in [0.1, 0.15) is 32.1 Å². The number of hydrogen-bond donors (Lipinski definition) is 2. The topological polar surface area (TPSA) is 91.0 Å². The Labute approximate surface area is 148 Å². The van der Waals surface area contributed by atoms with Gasteiger partial charge >= 0.3 is 0 Å². The van der Waals surface area contributed by atoms with E-state index in [9.17, 15) is 14.4 Å². The van der Waals surface area contributed by atoms with Gasteiger partial charge in [0, 0.05) is 51.8 Å². The zero-order valence-electron chi connectivity index (χ0n) is 14.8. The average Bonchev–Trinajstić information content (AvgIpc) is 3.24. The van der Waals surface area contributed by atoms with Crippen molar-refractivity contribution in [3.8, 4) is 0 Å². The molecule has 0 bridgehead atoms. The van der Waals surface area contributed by atoms with Crippen LogP contribution in [0.3, 0.4) is 0 Å². The van der Waals surface area contributed by atoms with Crippen LogP contribution in [-0.2, 0) is 19.1 Å². The Bertz CT molecular complexity index is 521. The van der Waals surface area contributed by atoms with E-state index in [1.54, 1.807) is 0 Å². The van der Waals surface area contributed by atoms with Crippen LogP contribution in [-0.4, -0.2) is 85.5 Å². The van der Waals surface area contributed by atoms with E-state index in [1.807, 2.05) is 4.90 Å². The fraction of sp³-hybridized carbons (Fsp3) is 0.824. The van der Waals surface area contributed by atoms with E-state index in [1.165, 1.54) is 7.11 Å². The molecule has 3 aliphatic rings. The van der Waals surface area contributed by atoms with Crippen molar-refractivity contribution in [2.24, 2.45) is 0 Å². The highest BCUT2D eigenvalue weighted by Gasteiger charge is 2.43. The number of piperazine rings is 1. The van der Waals surface area contributed by atoms with Gasteiger partial charge in [-0.25, -0.2) is 0 Å². The highest BCUT2D eigenvalue weighted by molar-refractivity contribution is 5.84. The molecule has 0 aromatic carbocycles. The molecular weight excluding hydrogens is 324 g/mol.